The first-order valence-electron chi connectivity index (χ1n) is 8.49. The van der Waals surface area contributed by atoms with Gasteiger partial charge in [-0.05, 0) is 52.3 Å². The lowest BCUT2D eigenvalue weighted by Crippen LogP contribution is -1.94. The first kappa shape index (κ1) is 15.8. The van der Waals surface area contributed by atoms with Gasteiger partial charge in [0.2, 0.25) is 0 Å². The van der Waals surface area contributed by atoms with Gasteiger partial charge in [-0.1, -0.05) is 72.8 Å². The van der Waals surface area contributed by atoms with Crippen LogP contribution < -0.4 is 0 Å². The van der Waals surface area contributed by atoms with Crippen LogP contribution in [0, 0.1) is 0 Å². The molecule has 1 aliphatic rings. The van der Waals surface area contributed by atoms with Gasteiger partial charge < -0.3 is 0 Å². The lowest BCUT2D eigenvalue weighted by molar-refractivity contribution is 0.151. The molecule has 124 valence electrons. The Morgan fingerprint density at radius 1 is 0.680 bits per heavy atom. The van der Waals surface area contributed by atoms with E-state index in [2.05, 4.69) is 24.3 Å². The maximum atomic E-state index is 13.4. The standard InChI is InChI=1S/C23H18F2/c24-23(25)21-12-6-3-9-18(21)15-22-19-10-4-1-7-16(19)13-14-17-8-2-5-11-20(17)22/h1-12,15,23H,13-14H2. The number of fused-ring (bicyclic) bond motifs is 2. The van der Waals surface area contributed by atoms with Crippen molar-refractivity contribution in [1.82, 2.24) is 0 Å². The van der Waals surface area contributed by atoms with Crippen LogP contribution in [0.15, 0.2) is 72.8 Å². The summed E-state index contributed by atoms with van der Waals surface area (Å²) in [5.41, 5.74) is 6.48. The van der Waals surface area contributed by atoms with Crippen molar-refractivity contribution in [1.29, 1.82) is 0 Å². The molecule has 0 radical (unpaired) electrons. The highest BCUT2D eigenvalue weighted by Crippen LogP contribution is 2.36. The number of halogens is 2. The van der Waals surface area contributed by atoms with Crippen molar-refractivity contribution in [3.8, 4) is 0 Å². The first-order valence-corrected chi connectivity index (χ1v) is 8.49. The van der Waals surface area contributed by atoms with Crippen LogP contribution in [-0.2, 0) is 12.8 Å². The van der Waals surface area contributed by atoms with Crippen molar-refractivity contribution in [2.45, 2.75) is 19.3 Å². The Morgan fingerprint density at radius 2 is 1.20 bits per heavy atom. The molecule has 0 saturated heterocycles. The van der Waals surface area contributed by atoms with Crippen LogP contribution in [0.2, 0.25) is 0 Å². The van der Waals surface area contributed by atoms with E-state index in [1.54, 1.807) is 12.1 Å². The van der Waals surface area contributed by atoms with E-state index in [9.17, 15) is 8.78 Å². The van der Waals surface area contributed by atoms with Crippen molar-refractivity contribution in [2.75, 3.05) is 0 Å². The van der Waals surface area contributed by atoms with Gasteiger partial charge in [0.25, 0.3) is 6.43 Å². The Hall–Kier alpha value is -2.74. The second-order valence-corrected chi connectivity index (χ2v) is 6.30. The summed E-state index contributed by atoms with van der Waals surface area (Å²) in [6.07, 6.45) is 1.36. The summed E-state index contributed by atoms with van der Waals surface area (Å²) in [4.78, 5) is 0. The summed E-state index contributed by atoms with van der Waals surface area (Å²) in [6, 6.07) is 23.3. The average molecular weight is 332 g/mol. The van der Waals surface area contributed by atoms with Crippen LogP contribution in [0.5, 0.6) is 0 Å². The van der Waals surface area contributed by atoms with Gasteiger partial charge in [0.1, 0.15) is 0 Å². The molecule has 0 bridgehead atoms. The second kappa shape index (κ2) is 6.64. The minimum Gasteiger partial charge on any atom is -0.205 e. The van der Waals surface area contributed by atoms with E-state index in [4.69, 9.17) is 0 Å². The van der Waals surface area contributed by atoms with Gasteiger partial charge in [0.05, 0.1) is 0 Å². The van der Waals surface area contributed by atoms with Crippen LogP contribution in [0.4, 0.5) is 8.78 Å². The maximum absolute atomic E-state index is 13.4. The van der Waals surface area contributed by atoms with Gasteiger partial charge >= 0.3 is 0 Å². The predicted octanol–water partition coefficient (Wildman–Crippen LogP) is 6.31. The Morgan fingerprint density at radius 3 is 1.80 bits per heavy atom. The van der Waals surface area contributed by atoms with E-state index in [1.807, 2.05) is 36.4 Å². The van der Waals surface area contributed by atoms with E-state index < -0.39 is 6.43 Å². The maximum Gasteiger partial charge on any atom is 0.264 e. The number of hydrogen-bond acceptors (Lipinski definition) is 0. The largest absolute Gasteiger partial charge is 0.264 e. The summed E-state index contributed by atoms with van der Waals surface area (Å²) >= 11 is 0. The normalized spacial score (nSPS) is 13.2. The number of alkyl halides is 2. The molecule has 3 aromatic rings. The number of hydrogen-bond donors (Lipinski definition) is 0. The molecule has 0 aliphatic heterocycles. The molecule has 0 nitrogen and oxygen atoms in total. The third-order valence-electron chi connectivity index (χ3n) is 4.81. The van der Waals surface area contributed by atoms with Crippen LogP contribution in [-0.4, -0.2) is 0 Å². The highest BCUT2D eigenvalue weighted by atomic mass is 19.3. The van der Waals surface area contributed by atoms with Crippen molar-refractivity contribution in [2.24, 2.45) is 0 Å². The predicted molar refractivity (Wildman–Crippen MR) is 98.7 cm³/mol. The molecule has 0 aromatic heterocycles. The van der Waals surface area contributed by atoms with Crippen LogP contribution in [0.25, 0.3) is 11.6 Å². The quantitative estimate of drug-likeness (QED) is 0.516. The summed E-state index contributed by atoms with van der Waals surface area (Å²) < 4.78 is 26.8. The fourth-order valence-electron chi connectivity index (χ4n) is 3.57. The second-order valence-electron chi connectivity index (χ2n) is 6.30. The highest BCUT2D eigenvalue weighted by Gasteiger charge is 2.19. The SMILES string of the molecule is FC(F)c1ccccc1C=C1c2ccccc2CCc2ccccc21. The number of benzene rings is 3. The Labute approximate surface area is 146 Å². The van der Waals surface area contributed by atoms with Gasteiger partial charge in [0, 0.05) is 5.56 Å². The molecule has 0 spiro atoms. The summed E-state index contributed by atoms with van der Waals surface area (Å²) in [7, 11) is 0. The van der Waals surface area contributed by atoms with Crippen molar-refractivity contribution in [3.05, 3.63) is 106 Å². The fraction of sp³-hybridized carbons (Fsp3) is 0.130. The molecule has 0 saturated carbocycles. The van der Waals surface area contributed by atoms with Crippen LogP contribution >= 0.6 is 0 Å². The monoisotopic (exact) mass is 332 g/mol. The molecule has 3 aromatic carbocycles. The molecular formula is C23H18F2. The average Bonchev–Trinajstić information content (AvgIpc) is 2.80. The topological polar surface area (TPSA) is 0 Å². The zero-order chi connectivity index (χ0) is 17.2. The molecule has 0 fully saturated rings. The van der Waals surface area contributed by atoms with Gasteiger partial charge in [-0.3, -0.25) is 0 Å². The minimum absolute atomic E-state index is 0.0780. The first-order chi connectivity index (χ1) is 12.2. The van der Waals surface area contributed by atoms with Crippen LogP contribution in [0.1, 0.15) is 39.8 Å². The number of aryl methyl sites for hydroxylation is 2. The molecule has 2 heteroatoms. The van der Waals surface area contributed by atoms with E-state index in [0.717, 1.165) is 29.5 Å². The molecule has 0 amide bonds. The van der Waals surface area contributed by atoms with E-state index in [0.29, 0.717) is 5.56 Å². The highest BCUT2D eigenvalue weighted by molar-refractivity contribution is 5.94. The minimum atomic E-state index is -2.48. The number of rotatable bonds is 2. The Balaban J connectivity index is 1.98. The molecule has 1 aliphatic carbocycles. The smallest absolute Gasteiger partial charge is 0.205 e. The Kier molecular flexibility index (Phi) is 4.19. The molecule has 4 rings (SSSR count). The van der Waals surface area contributed by atoms with Crippen LogP contribution in [0.3, 0.4) is 0 Å². The van der Waals surface area contributed by atoms with E-state index >= 15 is 0 Å². The molecular weight excluding hydrogens is 314 g/mol. The molecule has 25 heavy (non-hydrogen) atoms. The molecule has 0 unspecified atom stereocenters. The van der Waals surface area contributed by atoms with Gasteiger partial charge in [-0.15, -0.1) is 0 Å². The fourth-order valence-corrected chi connectivity index (χ4v) is 3.57. The zero-order valence-corrected chi connectivity index (χ0v) is 13.8. The lowest BCUT2D eigenvalue weighted by atomic mass is 9.91. The third-order valence-corrected chi connectivity index (χ3v) is 4.81. The van der Waals surface area contributed by atoms with Gasteiger partial charge in [0.15, 0.2) is 0 Å². The van der Waals surface area contributed by atoms with Gasteiger partial charge in [-0.25, -0.2) is 8.78 Å². The van der Waals surface area contributed by atoms with Crippen molar-refractivity contribution < 1.29 is 8.78 Å². The lowest BCUT2D eigenvalue weighted by Gasteiger charge is -2.13. The summed E-state index contributed by atoms with van der Waals surface area (Å²) in [6.45, 7) is 0. The van der Waals surface area contributed by atoms with E-state index in [-0.39, 0.29) is 5.56 Å². The zero-order valence-electron chi connectivity index (χ0n) is 13.8. The molecule has 0 atom stereocenters. The molecule has 0 N–H and O–H groups in total. The Bertz CT molecular complexity index is 889. The van der Waals surface area contributed by atoms with Gasteiger partial charge in [-0.2, -0.15) is 0 Å². The third kappa shape index (κ3) is 3.00. The summed E-state index contributed by atoms with van der Waals surface area (Å²) in [5.74, 6) is 0. The van der Waals surface area contributed by atoms with E-state index in [1.165, 1.54) is 17.2 Å². The van der Waals surface area contributed by atoms with Crippen molar-refractivity contribution >= 4 is 11.6 Å². The molecule has 0 heterocycles. The summed E-state index contributed by atoms with van der Waals surface area (Å²) in [5, 5.41) is 0. The van der Waals surface area contributed by atoms with Crippen molar-refractivity contribution in [3.63, 3.8) is 0 Å².